The largest absolute Gasteiger partial charge is 0.467 e. The summed E-state index contributed by atoms with van der Waals surface area (Å²) in [5.74, 6) is 0.196. The predicted octanol–water partition coefficient (Wildman–Crippen LogP) is 2.75. The third-order valence-corrected chi connectivity index (χ3v) is 2.15. The molecule has 96 valence electrons. The number of halogens is 4. The quantitative estimate of drug-likeness (QED) is 0.660. The van der Waals surface area contributed by atoms with Gasteiger partial charge in [-0.3, -0.25) is 0 Å². The highest BCUT2D eigenvalue weighted by Crippen LogP contribution is 2.26. The summed E-state index contributed by atoms with van der Waals surface area (Å²) in [6, 6.07) is 4.57. The second-order valence-corrected chi connectivity index (χ2v) is 3.51. The fourth-order valence-corrected chi connectivity index (χ4v) is 1.32. The van der Waals surface area contributed by atoms with Gasteiger partial charge in [-0.1, -0.05) is 17.7 Å². The molecule has 7 heteroatoms. The van der Waals surface area contributed by atoms with Gasteiger partial charge in [0, 0.05) is 10.6 Å². The van der Waals surface area contributed by atoms with E-state index in [1.165, 1.54) is 12.1 Å². The Balaban J connectivity index is 2.49. The van der Waals surface area contributed by atoms with Crippen molar-refractivity contribution in [3.05, 3.63) is 28.8 Å². The smallest absolute Gasteiger partial charge is 0.411 e. The molecule has 0 saturated carbocycles. The molecule has 0 aliphatic carbocycles. The number of rotatable bonds is 5. The Kier molecular flexibility index (Phi) is 5.04. The number of ether oxygens (including phenoxy) is 2. The summed E-state index contributed by atoms with van der Waals surface area (Å²) < 4.78 is 44.5. The molecular weight excluding hydrogens is 261 g/mol. The van der Waals surface area contributed by atoms with E-state index in [1.807, 2.05) is 0 Å². The molecule has 0 heterocycles. The maximum atomic E-state index is 11.7. The first kappa shape index (κ1) is 14.1. The van der Waals surface area contributed by atoms with Gasteiger partial charge in [0.1, 0.15) is 12.4 Å². The van der Waals surface area contributed by atoms with Crippen LogP contribution in [0.5, 0.6) is 5.75 Å². The summed E-state index contributed by atoms with van der Waals surface area (Å²) in [5, 5.41) is 9.28. The Morgan fingerprint density at radius 3 is 2.59 bits per heavy atom. The van der Waals surface area contributed by atoms with E-state index in [9.17, 15) is 13.2 Å². The highest BCUT2D eigenvalue weighted by Gasteiger charge is 2.27. The molecule has 0 saturated heterocycles. The predicted molar refractivity (Wildman–Crippen MR) is 54.9 cm³/mol. The van der Waals surface area contributed by atoms with Crippen molar-refractivity contribution >= 4 is 11.6 Å². The standard InChI is InChI=1S/C10H10ClF3O3/c11-8-2-1-3-9(7(8)4-15)17-6-16-5-10(12,13)14/h1-3,15H,4-6H2. The van der Waals surface area contributed by atoms with Crippen LogP contribution < -0.4 is 4.74 Å². The fraction of sp³-hybridized carbons (Fsp3) is 0.400. The SMILES string of the molecule is OCc1c(Cl)cccc1OCOCC(F)(F)F. The van der Waals surface area contributed by atoms with Gasteiger partial charge in [0.15, 0.2) is 6.79 Å². The molecule has 3 nitrogen and oxygen atoms in total. The highest BCUT2D eigenvalue weighted by atomic mass is 35.5. The second-order valence-electron chi connectivity index (χ2n) is 3.10. The number of hydrogen-bond donors (Lipinski definition) is 1. The van der Waals surface area contributed by atoms with E-state index >= 15 is 0 Å². The average molecular weight is 271 g/mol. The Morgan fingerprint density at radius 1 is 1.29 bits per heavy atom. The van der Waals surface area contributed by atoms with E-state index in [-0.39, 0.29) is 17.4 Å². The second kappa shape index (κ2) is 6.09. The van der Waals surface area contributed by atoms with E-state index in [4.69, 9.17) is 21.4 Å². The molecule has 0 bridgehead atoms. The highest BCUT2D eigenvalue weighted by molar-refractivity contribution is 6.31. The lowest BCUT2D eigenvalue weighted by Gasteiger charge is -2.12. The summed E-state index contributed by atoms with van der Waals surface area (Å²) in [6.07, 6.45) is -4.39. The molecule has 17 heavy (non-hydrogen) atoms. The molecule has 1 rings (SSSR count). The van der Waals surface area contributed by atoms with Crippen LogP contribution in [0.2, 0.25) is 5.02 Å². The van der Waals surface area contributed by atoms with Gasteiger partial charge in [-0.15, -0.1) is 0 Å². The van der Waals surface area contributed by atoms with Crippen LogP contribution >= 0.6 is 11.6 Å². The minimum absolute atomic E-state index is 0.196. The fourth-order valence-electron chi connectivity index (χ4n) is 1.09. The van der Waals surface area contributed by atoms with Crippen molar-refractivity contribution in [2.75, 3.05) is 13.4 Å². The topological polar surface area (TPSA) is 38.7 Å². The Bertz CT molecular complexity index is 368. The molecule has 0 atom stereocenters. The number of alkyl halides is 3. The molecule has 0 radical (unpaired) electrons. The zero-order valence-corrected chi connectivity index (χ0v) is 9.38. The Morgan fingerprint density at radius 2 is 2.00 bits per heavy atom. The van der Waals surface area contributed by atoms with E-state index in [2.05, 4.69) is 4.74 Å². The molecular formula is C10H10ClF3O3. The lowest BCUT2D eigenvalue weighted by atomic mass is 10.2. The van der Waals surface area contributed by atoms with Crippen LogP contribution in [0.4, 0.5) is 13.2 Å². The van der Waals surface area contributed by atoms with Crippen LogP contribution in [0.25, 0.3) is 0 Å². The van der Waals surface area contributed by atoms with Crippen molar-refractivity contribution in [1.29, 1.82) is 0 Å². The lowest BCUT2D eigenvalue weighted by Crippen LogP contribution is -2.19. The van der Waals surface area contributed by atoms with Crippen LogP contribution in [0.3, 0.4) is 0 Å². The third kappa shape index (κ3) is 4.80. The summed E-state index contributed by atoms with van der Waals surface area (Å²) in [5.41, 5.74) is 0.310. The molecule has 0 aliphatic heterocycles. The minimum Gasteiger partial charge on any atom is -0.467 e. The van der Waals surface area contributed by atoms with E-state index in [0.29, 0.717) is 5.56 Å². The lowest BCUT2D eigenvalue weighted by molar-refractivity contribution is -0.186. The minimum atomic E-state index is -4.39. The summed E-state index contributed by atoms with van der Waals surface area (Å²) >= 11 is 5.75. The molecule has 0 aromatic heterocycles. The molecule has 1 aromatic carbocycles. The average Bonchev–Trinajstić information content (AvgIpc) is 2.23. The first-order chi connectivity index (χ1) is 7.94. The normalized spacial score (nSPS) is 11.6. The molecule has 0 unspecified atom stereocenters. The van der Waals surface area contributed by atoms with Crippen LogP contribution in [0.1, 0.15) is 5.56 Å². The first-order valence-electron chi connectivity index (χ1n) is 4.59. The van der Waals surface area contributed by atoms with E-state index in [0.717, 1.165) is 0 Å². The first-order valence-corrected chi connectivity index (χ1v) is 4.97. The van der Waals surface area contributed by atoms with Gasteiger partial charge in [-0.2, -0.15) is 13.2 Å². The molecule has 1 N–H and O–H groups in total. The third-order valence-electron chi connectivity index (χ3n) is 1.80. The van der Waals surface area contributed by atoms with Crippen molar-refractivity contribution < 1.29 is 27.8 Å². The van der Waals surface area contributed by atoms with Crippen molar-refractivity contribution in [2.45, 2.75) is 12.8 Å². The zero-order valence-electron chi connectivity index (χ0n) is 8.63. The van der Waals surface area contributed by atoms with Gasteiger partial charge < -0.3 is 14.6 Å². The molecule has 0 amide bonds. The monoisotopic (exact) mass is 270 g/mol. The van der Waals surface area contributed by atoms with E-state index in [1.54, 1.807) is 6.07 Å². The molecule has 0 spiro atoms. The number of aliphatic hydroxyl groups is 1. The maximum Gasteiger partial charge on any atom is 0.411 e. The van der Waals surface area contributed by atoms with Crippen LogP contribution in [-0.2, 0) is 11.3 Å². The molecule has 0 aliphatic rings. The number of benzene rings is 1. The summed E-state index contributed by atoms with van der Waals surface area (Å²) in [7, 11) is 0. The van der Waals surface area contributed by atoms with Gasteiger partial charge in [0.05, 0.1) is 6.61 Å². The van der Waals surface area contributed by atoms with Crippen LogP contribution in [-0.4, -0.2) is 24.7 Å². The van der Waals surface area contributed by atoms with Gasteiger partial charge in [0.2, 0.25) is 0 Å². The summed E-state index contributed by atoms with van der Waals surface area (Å²) in [4.78, 5) is 0. The van der Waals surface area contributed by atoms with Gasteiger partial charge >= 0.3 is 6.18 Å². The van der Waals surface area contributed by atoms with Crippen molar-refractivity contribution in [2.24, 2.45) is 0 Å². The Hall–Kier alpha value is -0.980. The van der Waals surface area contributed by atoms with E-state index < -0.39 is 19.6 Å². The number of hydrogen-bond acceptors (Lipinski definition) is 3. The number of aliphatic hydroxyl groups excluding tert-OH is 1. The van der Waals surface area contributed by atoms with Crippen LogP contribution in [0.15, 0.2) is 18.2 Å². The van der Waals surface area contributed by atoms with Gasteiger partial charge in [-0.25, -0.2) is 0 Å². The van der Waals surface area contributed by atoms with Gasteiger partial charge in [0.25, 0.3) is 0 Å². The summed E-state index contributed by atoms with van der Waals surface area (Å²) in [6.45, 7) is -2.32. The molecule has 1 aromatic rings. The van der Waals surface area contributed by atoms with Crippen molar-refractivity contribution in [3.63, 3.8) is 0 Å². The van der Waals surface area contributed by atoms with Crippen LogP contribution in [0, 0.1) is 0 Å². The molecule has 0 fully saturated rings. The zero-order chi connectivity index (χ0) is 12.9. The maximum absolute atomic E-state index is 11.7. The van der Waals surface area contributed by atoms with Crippen molar-refractivity contribution in [3.8, 4) is 5.75 Å². The van der Waals surface area contributed by atoms with Crippen molar-refractivity contribution in [1.82, 2.24) is 0 Å². The Labute approximate surface area is 101 Å². The van der Waals surface area contributed by atoms with Gasteiger partial charge in [-0.05, 0) is 12.1 Å².